The van der Waals surface area contributed by atoms with Crippen molar-refractivity contribution in [2.75, 3.05) is 11.9 Å². The quantitative estimate of drug-likeness (QED) is 0.653. The van der Waals surface area contributed by atoms with Crippen LogP contribution in [0.5, 0.6) is 0 Å². The predicted molar refractivity (Wildman–Crippen MR) is 117 cm³/mol. The van der Waals surface area contributed by atoms with Gasteiger partial charge < -0.3 is 10.2 Å². The fourth-order valence-corrected chi connectivity index (χ4v) is 3.36. The number of amides is 2. The number of nitrogens with zero attached hydrogens (tertiary/aromatic N) is 3. The highest BCUT2D eigenvalue weighted by Gasteiger charge is 2.13. The van der Waals surface area contributed by atoms with Crippen molar-refractivity contribution < 1.29 is 9.59 Å². The van der Waals surface area contributed by atoms with E-state index >= 15 is 0 Å². The zero-order chi connectivity index (χ0) is 21.7. The van der Waals surface area contributed by atoms with Crippen LogP contribution in [0.4, 0.5) is 5.69 Å². The Kier molecular flexibility index (Phi) is 6.61. The molecule has 2 aromatic carbocycles. The topological polar surface area (TPSA) is 84.3 Å². The molecule has 0 saturated carbocycles. The number of nitrogens with one attached hydrogen (secondary N) is 1. The minimum atomic E-state index is -0.204. The van der Waals surface area contributed by atoms with Gasteiger partial charge in [0, 0.05) is 38.7 Å². The van der Waals surface area contributed by atoms with Gasteiger partial charge in [-0.25, -0.2) is 4.98 Å². The molecule has 3 rings (SSSR count). The summed E-state index contributed by atoms with van der Waals surface area (Å²) in [5, 5.41) is 3.45. The van der Waals surface area contributed by atoms with Crippen LogP contribution in [-0.4, -0.2) is 32.8 Å². The fourth-order valence-electron chi connectivity index (χ4n) is 3.36. The Labute approximate surface area is 175 Å². The van der Waals surface area contributed by atoms with Gasteiger partial charge in [0.15, 0.2) is 0 Å². The minimum Gasteiger partial charge on any atom is -0.339 e. The number of hydrogen-bond donors (Lipinski definition) is 1. The molecule has 30 heavy (non-hydrogen) atoms. The Balaban J connectivity index is 1.70. The largest absolute Gasteiger partial charge is 0.339 e. The summed E-state index contributed by atoms with van der Waals surface area (Å²) in [6, 6.07) is 12.9. The summed E-state index contributed by atoms with van der Waals surface area (Å²) in [6.45, 7) is 6.61. The predicted octanol–water partition coefficient (Wildman–Crippen LogP) is 3.10. The van der Waals surface area contributed by atoms with E-state index in [0.717, 1.165) is 11.1 Å². The lowest BCUT2D eigenvalue weighted by molar-refractivity contribution is -0.129. The van der Waals surface area contributed by atoms with Crippen LogP contribution in [0.3, 0.4) is 0 Å². The number of hydrogen-bond acceptors (Lipinski definition) is 4. The van der Waals surface area contributed by atoms with Gasteiger partial charge in [0.05, 0.1) is 17.2 Å². The molecule has 0 aliphatic rings. The molecule has 0 fully saturated rings. The summed E-state index contributed by atoms with van der Waals surface area (Å²) >= 11 is 0. The van der Waals surface area contributed by atoms with Crippen LogP contribution in [-0.2, 0) is 22.7 Å². The van der Waals surface area contributed by atoms with E-state index in [9.17, 15) is 14.4 Å². The maximum atomic E-state index is 12.7. The van der Waals surface area contributed by atoms with Crippen molar-refractivity contribution in [2.45, 2.75) is 40.3 Å². The van der Waals surface area contributed by atoms with Crippen LogP contribution < -0.4 is 10.9 Å². The summed E-state index contributed by atoms with van der Waals surface area (Å²) in [7, 11) is 0. The Morgan fingerprint density at radius 3 is 2.63 bits per heavy atom. The Morgan fingerprint density at radius 1 is 1.13 bits per heavy atom. The molecule has 0 bridgehead atoms. The highest BCUT2D eigenvalue weighted by Crippen LogP contribution is 2.18. The van der Waals surface area contributed by atoms with E-state index in [1.165, 1.54) is 17.8 Å². The number of para-hydroxylation sites is 2. The van der Waals surface area contributed by atoms with Gasteiger partial charge in [-0.15, -0.1) is 0 Å². The molecule has 0 aliphatic heterocycles. The highest BCUT2D eigenvalue weighted by molar-refractivity contribution is 5.91. The van der Waals surface area contributed by atoms with Crippen LogP contribution >= 0.6 is 0 Å². The third kappa shape index (κ3) is 4.74. The van der Waals surface area contributed by atoms with Crippen molar-refractivity contribution in [3.05, 3.63) is 70.3 Å². The molecule has 0 atom stereocenters. The number of aryl methyl sites for hydroxylation is 2. The van der Waals surface area contributed by atoms with E-state index in [0.29, 0.717) is 29.7 Å². The van der Waals surface area contributed by atoms with E-state index in [-0.39, 0.29) is 30.3 Å². The molecule has 156 valence electrons. The number of carbonyl (C=O) groups excluding carboxylic acids is 2. The minimum absolute atomic E-state index is 0.0166. The maximum Gasteiger partial charge on any atom is 0.261 e. The summed E-state index contributed by atoms with van der Waals surface area (Å²) in [6.07, 6.45) is 1.63. The molecule has 0 saturated heterocycles. The normalized spacial score (nSPS) is 10.8. The Morgan fingerprint density at radius 2 is 1.90 bits per heavy atom. The van der Waals surface area contributed by atoms with Gasteiger partial charge >= 0.3 is 0 Å². The van der Waals surface area contributed by atoms with Gasteiger partial charge in [0.25, 0.3) is 5.56 Å². The maximum absolute atomic E-state index is 12.7. The molecule has 0 spiro atoms. The smallest absolute Gasteiger partial charge is 0.261 e. The first-order valence-electron chi connectivity index (χ1n) is 9.98. The zero-order valence-electron chi connectivity index (χ0n) is 17.5. The van der Waals surface area contributed by atoms with Crippen molar-refractivity contribution in [1.82, 2.24) is 14.5 Å². The number of carbonyl (C=O) groups is 2. The molecule has 7 nitrogen and oxygen atoms in total. The number of benzene rings is 2. The van der Waals surface area contributed by atoms with Gasteiger partial charge in [-0.1, -0.05) is 30.3 Å². The monoisotopic (exact) mass is 406 g/mol. The van der Waals surface area contributed by atoms with Crippen molar-refractivity contribution in [3.8, 4) is 0 Å². The van der Waals surface area contributed by atoms with E-state index in [4.69, 9.17) is 0 Å². The van der Waals surface area contributed by atoms with Gasteiger partial charge in [0.2, 0.25) is 11.8 Å². The van der Waals surface area contributed by atoms with Gasteiger partial charge in [-0.3, -0.25) is 19.0 Å². The van der Waals surface area contributed by atoms with E-state index in [1.807, 2.05) is 50.2 Å². The summed E-state index contributed by atoms with van der Waals surface area (Å²) < 4.78 is 1.46. The lowest BCUT2D eigenvalue weighted by Gasteiger charge is -2.21. The first kappa shape index (κ1) is 21.2. The lowest BCUT2D eigenvalue weighted by atomic mass is 10.1. The average molecular weight is 406 g/mol. The second-order valence-corrected chi connectivity index (χ2v) is 7.20. The van der Waals surface area contributed by atoms with Crippen molar-refractivity contribution >= 4 is 28.4 Å². The first-order chi connectivity index (χ1) is 14.4. The number of aromatic nitrogens is 2. The molecule has 0 aliphatic carbocycles. The van der Waals surface area contributed by atoms with E-state index in [1.54, 1.807) is 11.0 Å². The van der Waals surface area contributed by atoms with Gasteiger partial charge in [0.1, 0.15) is 0 Å². The molecule has 2 amide bonds. The molecule has 1 aromatic heterocycles. The summed E-state index contributed by atoms with van der Waals surface area (Å²) in [5.74, 6) is -0.221. The molecule has 7 heteroatoms. The lowest BCUT2D eigenvalue weighted by Crippen LogP contribution is -2.28. The molecular formula is C23H26N4O3. The summed E-state index contributed by atoms with van der Waals surface area (Å²) in [4.78, 5) is 43.0. The standard InChI is InChI=1S/C23H26N4O3/c1-4-26(17(3)28)14-18-9-5-6-11-20(18)25-21(29)12-13-27-15-24-22-16(2)8-7-10-19(22)23(27)30/h5-11,15H,4,12-14H2,1-3H3,(H,25,29). The number of rotatable bonds is 7. The average Bonchev–Trinajstić information content (AvgIpc) is 2.73. The Hall–Kier alpha value is -3.48. The third-order valence-electron chi connectivity index (χ3n) is 5.11. The molecule has 3 aromatic rings. The molecular weight excluding hydrogens is 380 g/mol. The van der Waals surface area contributed by atoms with Crippen LogP contribution in [0.1, 0.15) is 31.4 Å². The second kappa shape index (κ2) is 9.35. The number of anilines is 1. The van der Waals surface area contributed by atoms with Crippen molar-refractivity contribution in [3.63, 3.8) is 0 Å². The van der Waals surface area contributed by atoms with Gasteiger partial charge in [-0.05, 0) is 37.1 Å². The van der Waals surface area contributed by atoms with E-state index < -0.39 is 0 Å². The highest BCUT2D eigenvalue weighted by atomic mass is 16.2. The fraction of sp³-hybridized carbons (Fsp3) is 0.304. The first-order valence-corrected chi connectivity index (χ1v) is 9.98. The Bertz CT molecular complexity index is 1140. The summed E-state index contributed by atoms with van der Waals surface area (Å²) in [5.41, 5.74) is 3.00. The van der Waals surface area contributed by atoms with Crippen molar-refractivity contribution in [2.24, 2.45) is 0 Å². The second-order valence-electron chi connectivity index (χ2n) is 7.20. The van der Waals surface area contributed by atoms with Crippen LogP contribution in [0, 0.1) is 6.92 Å². The van der Waals surface area contributed by atoms with Crippen LogP contribution in [0.2, 0.25) is 0 Å². The van der Waals surface area contributed by atoms with Crippen molar-refractivity contribution in [1.29, 1.82) is 0 Å². The van der Waals surface area contributed by atoms with Crippen LogP contribution in [0.25, 0.3) is 10.9 Å². The molecule has 1 N–H and O–H groups in total. The van der Waals surface area contributed by atoms with Gasteiger partial charge in [-0.2, -0.15) is 0 Å². The SMILES string of the molecule is CCN(Cc1ccccc1NC(=O)CCn1cnc2c(C)cccc2c1=O)C(C)=O. The molecule has 1 heterocycles. The van der Waals surface area contributed by atoms with Crippen LogP contribution in [0.15, 0.2) is 53.6 Å². The number of fused-ring (bicyclic) bond motifs is 1. The van der Waals surface area contributed by atoms with E-state index in [2.05, 4.69) is 10.3 Å². The molecule has 0 unspecified atom stereocenters. The third-order valence-corrected chi connectivity index (χ3v) is 5.11. The molecule has 0 radical (unpaired) electrons. The zero-order valence-corrected chi connectivity index (χ0v) is 17.5.